The molecule has 0 spiro atoms. The van der Waals surface area contributed by atoms with Crippen LogP contribution >= 0.6 is 0 Å². The molecule has 0 bridgehead atoms. The van der Waals surface area contributed by atoms with E-state index in [-0.39, 0.29) is 52.8 Å². The van der Waals surface area contributed by atoms with Crippen molar-refractivity contribution in [2.24, 2.45) is 5.73 Å². The number of alkyl halides is 3. The predicted octanol–water partition coefficient (Wildman–Crippen LogP) is 4.62. The molecule has 17 nitrogen and oxygen atoms in total. The number of halogens is 3. The molecule has 0 saturated carbocycles. The number of carbonyl (C=O) groups excluding carboxylic acids is 6. The molecular formula is C41H38F3N9O8. The first kappa shape index (κ1) is 41.9. The van der Waals surface area contributed by atoms with Gasteiger partial charge in [0.15, 0.2) is 11.4 Å². The molecule has 2 aliphatic rings. The number of carbonyl (C=O) groups is 6. The van der Waals surface area contributed by atoms with Crippen LogP contribution in [-0.2, 0) is 27.2 Å². The molecule has 0 aliphatic carbocycles. The average molecular weight is 842 g/mol. The summed E-state index contributed by atoms with van der Waals surface area (Å²) in [6.07, 6.45) is 2.93. The number of hydrogen-bond acceptors (Lipinski definition) is 12. The molecule has 6 amide bonds. The summed E-state index contributed by atoms with van der Waals surface area (Å²) in [7, 11) is 0. The summed E-state index contributed by atoms with van der Waals surface area (Å²) in [6, 6.07) is 14.2. The molecule has 2 aromatic carbocycles. The van der Waals surface area contributed by atoms with Gasteiger partial charge in [-0.1, -0.05) is 24.3 Å². The number of nitrogens with zero attached hydrogens (tertiary/aromatic N) is 5. The SMILES string of the molecule is NC(=O)c1nn(-c2ccc(CCCCOCCCc3cccc4c3C(=O)N(C3CCC(=O)NC3=O)C4=O)cc2)cc1NC(=O)c1coc(-c2ccnc(NCC(F)(F)F)c2)n1. The van der Waals surface area contributed by atoms with Crippen LogP contribution in [0.3, 0.4) is 0 Å². The fourth-order valence-electron chi connectivity index (χ4n) is 6.94. The first-order valence-electron chi connectivity index (χ1n) is 19.2. The van der Waals surface area contributed by atoms with Gasteiger partial charge in [-0.05, 0) is 80.0 Å². The Bertz CT molecular complexity index is 2500. The predicted molar refractivity (Wildman–Crippen MR) is 210 cm³/mol. The molecule has 1 fully saturated rings. The van der Waals surface area contributed by atoms with Gasteiger partial charge in [-0.25, -0.2) is 14.6 Å². The van der Waals surface area contributed by atoms with Gasteiger partial charge >= 0.3 is 6.18 Å². The molecule has 2 aliphatic heterocycles. The standard InChI is InChI=1S/C41H38F3N9O8/c42-41(43,44)22-47-31-19-25(15-16-46-31)38-49-29(21-61-38)36(56)48-28-20-52(51-34(28)35(45)55)26-11-9-23(10-12-26)5-1-2-17-60-18-4-7-24-6-3-8-27-33(24)40(59)53(39(27)58)30-13-14-32(54)50-37(30)57/h3,6,8-12,15-16,19-21,30H,1-2,4-5,7,13-14,17-18,22H2,(H2,45,55)(H,46,47)(H,48,56)(H,50,54,57). The number of unbranched alkanes of at least 4 members (excludes halogenated alkanes) is 1. The van der Waals surface area contributed by atoms with Gasteiger partial charge in [-0.2, -0.15) is 18.3 Å². The van der Waals surface area contributed by atoms with Crippen molar-refractivity contribution in [1.82, 2.24) is 30.0 Å². The monoisotopic (exact) mass is 841 g/mol. The maximum absolute atomic E-state index is 13.3. The quantitative estimate of drug-likeness (QED) is 0.0742. The number of nitrogens with one attached hydrogen (secondary N) is 3. The normalized spacial score (nSPS) is 15.2. The zero-order valence-electron chi connectivity index (χ0n) is 32.3. The maximum atomic E-state index is 13.3. The molecule has 0 radical (unpaired) electrons. The second-order valence-electron chi connectivity index (χ2n) is 14.2. The highest BCUT2D eigenvalue weighted by Crippen LogP contribution is 2.31. The van der Waals surface area contributed by atoms with Crippen molar-refractivity contribution in [3.63, 3.8) is 0 Å². The van der Waals surface area contributed by atoms with Gasteiger partial charge < -0.3 is 25.5 Å². The lowest BCUT2D eigenvalue weighted by Gasteiger charge is -2.27. The first-order chi connectivity index (χ1) is 29.3. The minimum Gasteiger partial charge on any atom is -0.444 e. The Labute approximate surface area is 344 Å². The number of aromatic nitrogens is 4. The number of hydrogen-bond donors (Lipinski definition) is 4. The second-order valence-corrected chi connectivity index (χ2v) is 14.2. The van der Waals surface area contributed by atoms with Gasteiger partial charge in [0.05, 0.1) is 28.7 Å². The van der Waals surface area contributed by atoms with Crippen molar-refractivity contribution in [1.29, 1.82) is 0 Å². The van der Waals surface area contributed by atoms with Crippen LogP contribution in [0, 0.1) is 0 Å². The molecule has 20 heteroatoms. The third kappa shape index (κ3) is 9.81. The number of aryl methyl sites for hydroxylation is 2. The zero-order chi connectivity index (χ0) is 43.3. The number of fused-ring (bicyclic) bond motifs is 1. The van der Waals surface area contributed by atoms with Crippen molar-refractivity contribution in [2.45, 2.75) is 57.2 Å². The van der Waals surface area contributed by atoms with Crippen LogP contribution < -0.4 is 21.7 Å². The summed E-state index contributed by atoms with van der Waals surface area (Å²) in [4.78, 5) is 84.6. The van der Waals surface area contributed by atoms with E-state index in [0.717, 1.165) is 36.0 Å². The van der Waals surface area contributed by atoms with Crippen molar-refractivity contribution >= 4 is 46.9 Å². The summed E-state index contributed by atoms with van der Waals surface area (Å²) < 4.78 is 50.4. The Kier molecular flexibility index (Phi) is 12.3. The smallest absolute Gasteiger partial charge is 0.405 e. The van der Waals surface area contributed by atoms with Crippen molar-refractivity contribution in [3.8, 4) is 17.1 Å². The number of rotatable bonds is 17. The number of pyridine rings is 1. The molecule has 5 heterocycles. The molecular weight excluding hydrogens is 804 g/mol. The van der Waals surface area contributed by atoms with E-state index in [0.29, 0.717) is 42.9 Å². The van der Waals surface area contributed by atoms with E-state index in [1.807, 2.05) is 12.1 Å². The van der Waals surface area contributed by atoms with Crippen LogP contribution in [0.15, 0.2) is 77.7 Å². The van der Waals surface area contributed by atoms with E-state index in [1.165, 1.54) is 29.2 Å². The minimum atomic E-state index is -4.45. The van der Waals surface area contributed by atoms with E-state index >= 15 is 0 Å². The van der Waals surface area contributed by atoms with Gasteiger partial charge in [-0.3, -0.25) is 39.0 Å². The van der Waals surface area contributed by atoms with E-state index in [9.17, 15) is 41.9 Å². The van der Waals surface area contributed by atoms with Crippen LogP contribution in [0.1, 0.15) is 84.9 Å². The molecule has 7 rings (SSSR count). The summed E-state index contributed by atoms with van der Waals surface area (Å²) in [5.74, 6) is -3.91. The molecule has 61 heavy (non-hydrogen) atoms. The lowest BCUT2D eigenvalue weighted by Crippen LogP contribution is -2.54. The number of oxazole rings is 1. The zero-order valence-corrected chi connectivity index (χ0v) is 32.3. The molecule has 5 aromatic rings. The van der Waals surface area contributed by atoms with Crippen LogP contribution in [0.5, 0.6) is 0 Å². The molecule has 1 atom stereocenters. The molecule has 316 valence electrons. The average Bonchev–Trinajstić information content (AvgIpc) is 3.96. The number of piperidine rings is 1. The summed E-state index contributed by atoms with van der Waals surface area (Å²) in [5.41, 5.74) is 8.33. The van der Waals surface area contributed by atoms with E-state index in [2.05, 4.69) is 31.0 Å². The topological polar surface area (TPSA) is 234 Å². The third-order valence-electron chi connectivity index (χ3n) is 9.90. The van der Waals surface area contributed by atoms with Crippen LogP contribution in [0.25, 0.3) is 17.1 Å². The van der Waals surface area contributed by atoms with Crippen LogP contribution in [0.2, 0.25) is 0 Å². The number of primary amides is 1. The molecule has 5 N–H and O–H groups in total. The second kappa shape index (κ2) is 18.0. The highest BCUT2D eigenvalue weighted by atomic mass is 19.4. The Morgan fingerprint density at radius 2 is 1.77 bits per heavy atom. The van der Waals surface area contributed by atoms with Gasteiger partial charge in [0.25, 0.3) is 23.6 Å². The lowest BCUT2D eigenvalue weighted by molar-refractivity contribution is -0.136. The van der Waals surface area contributed by atoms with E-state index in [1.54, 1.807) is 30.3 Å². The number of benzene rings is 2. The van der Waals surface area contributed by atoms with Gasteiger partial charge in [0.1, 0.15) is 24.7 Å². The first-order valence-corrected chi connectivity index (χ1v) is 19.2. The summed E-state index contributed by atoms with van der Waals surface area (Å²) >= 11 is 0. The Hall–Kier alpha value is -7.22. The lowest BCUT2D eigenvalue weighted by atomic mass is 9.99. The van der Waals surface area contributed by atoms with Crippen LogP contribution in [0.4, 0.5) is 24.7 Å². The minimum absolute atomic E-state index is 0.0152. The van der Waals surface area contributed by atoms with Gasteiger partial charge in [0.2, 0.25) is 17.7 Å². The fourth-order valence-corrected chi connectivity index (χ4v) is 6.94. The molecule has 1 unspecified atom stereocenters. The summed E-state index contributed by atoms with van der Waals surface area (Å²) in [6.45, 7) is -0.330. The maximum Gasteiger partial charge on any atom is 0.405 e. The Morgan fingerprint density at radius 3 is 2.52 bits per heavy atom. The molecule has 3 aromatic heterocycles. The number of anilines is 2. The number of ether oxygens (including phenoxy) is 1. The van der Waals surface area contributed by atoms with Crippen molar-refractivity contribution < 1.29 is 51.1 Å². The summed E-state index contributed by atoms with van der Waals surface area (Å²) in [5, 5.41) is 11.2. The van der Waals surface area contributed by atoms with Gasteiger partial charge in [-0.15, -0.1) is 0 Å². The Balaban J connectivity index is 0.858. The molecule has 1 saturated heterocycles. The highest BCUT2D eigenvalue weighted by Gasteiger charge is 2.45. The van der Waals surface area contributed by atoms with Gasteiger partial charge in [0, 0.05) is 31.4 Å². The van der Waals surface area contributed by atoms with Crippen LogP contribution in [-0.4, -0.2) is 92.1 Å². The number of imide groups is 2. The number of amides is 6. The highest BCUT2D eigenvalue weighted by molar-refractivity contribution is 6.24. The Morgan fingerprint density at radius 1 is 0.984 bits per heavy atom. The fraction of sp³-hybridized carbons (Fsp3) is 0.293. The van der Waals surface area contributed by atoms with E-state index < -0.39 is 54.2 Å². The van der Waals surface area contributed by atoms with Crippen molar-refractivity contribution in [2.75, 3.05) is 30.4 Å². The van der Waals surface area contributed by atoms with Crippen molar-refractivity contribution in [3.05, 3.63) is 107 Å². The van der Waals surface area contributed by atoms with E-state index in [4.69, 9.17) is 14.9 Å². The largest absolute Gasteiger partial charge is 0.444 e. The number of nitrogens with two attached hydrogens (primary N) is 1. The third-order valence-corrected chi connectivity index (χ3v) is 9.90.